The lowest BCUT2D eigenvalue weighted by Gasteiger charge is -2.26. The van der Waals surface area contributed by atoms with E-state index in [0.29, 0.717) is 18.7 Å². The van der Waals surface area contributed by atoms with Gasteiger partial charge in [0.15, 0.2) is 5.82 Å². The van der Waals surface area contributed by atoms with Gasteiger partial charge in [-0.15, -0.1) is 10.2 Å². The van der Waals surface area contributed by atoms with E-state index in [1.807, 2.05) is 0 Å². The number of amides is 1. The molecule has 130 valence electrons. The molecule has 0 atom stereocenters. The average molecular weight is 329 g/mol. The molecule has 0 aliphatic carbocycles. The maximum atomic E-state index is 12.2. The van der Waals surface area contributed by atoms with Crippen LogP contribution in [0, 0.1) is 0 Å². The first-order chi connectivity index (χ1) is 11.1. The maximum absolute atomic E-state index is 12.2. The van der Waals surface area contributed by atoms with E-state index >= 15 is 0 Å². The summed E-state index contributed by atoms with van der Waals surface area (Å²) in [6, 6.07) is 6.35. The highest BCUT2D eigenvalue weighted by atomic mass is 16.1. The van der Waals surface area contributed by atoms with Gasteiger partial charge in [-0.05, 0) is 34.1 Å². The third-order valence-corrected chi connectivity index (χ3v) is 3.91. The van der Waals surface area contributed by atoms with E-state index in [1.165, 1.54) is 11.1 Å². The summed E-state index contributed by atoms with van der Waals surface area (Å²) >= 11 is 0. The van der Waals surface area contributed by atoms with Crippen molar-refractivity contribution in [1.29, 1.82) is 0 Å². The van der Waals surface area contributed by atoms with Crippen LogP contribution in [0.2, 0.25) is 0 Å². The summed E-state index contributed by atoms with van der Waals surface area (Å²) in [5, 5.41) is 16.6. The highest BCUT2D eigenvalue weighted by Gasteiger charge is 2.21. The van der Waals surface area contributed by atoms with Gasteiger partial charge < -0.3 is 5.32 Å². The second-order valence-electron chi connectivity index (χ2n) is 8.18. The molecule has 0 saturated heterocycles. The molecule has 1 amide bonds. The van der Waals surface area contributed by atoms with Crippen LogP contribution in [0.4, 0.5) is 5.69 Å². The van der Waals surface area contributed by atoms with E-state index in [0.717, 1.165) is 5.69 Å². The van der Waals surface area contributed by atoms with Crippen molar-refractivity contribution in [2.75, 3.05) is 5.32 Å². The minimum Gasteiger partial charge on any atom is -0.326 e. The van der Waals surface area contributed by atoms with Gasteiger partial charge in [0.2, 0.25) is 5.91 Å². The molecule has 1 aromatic heterocycles. The molecule has 0 bridgehead atoms. The number of nitrogens with one attached hydrogen (secondary N) is 2. The van der Waals surface area contributed by atoms with Crippen molar-refractivity contribution < 1.29 is 4.79 Å². The van der Waals surface area contributed by atoms with Crippen molar-refractivity contribution in [2.24, 2.45) is 0 Å². The van der Waals surface area contributed by atoms with Crippen LogP contribution in [-0.2, 0) is 22.0 Å². The molecule has 0 radical (unpaired) electrons. The van der Waals surface area contributed by atoms with E-state index in [9.17, 15) is 4.79 Å². The lowest BCUT2D eigenvalue weighted by Crippen LogP contribution is -2.19. The number of carbonyl (C=O) groups excluding carboxylic acids is 1. The quantitative estimate of drug-likeness (QED) is 0.901. The molecule has 0 unspecified atom stereocenters. The Kier molecular flexibility index (Phi) is 5.06. The third-order valence-electron chi connectivity index (χ3n) is 3.91. The fourth-order valence-electron chi connectivity index (χ4n) is 2.30. The Labute approximate surface area is 143 Å². The Bertz CT molecular complexity index is 661. The summed E-state index contributed by atoms with van der Waals surface area (Å²) in [6.07, 6.45) is 0.789. The Balaban J connectivity index is 2.17. The molecule has 0 spiro atoms. The third kappa shape index (κ3) is 4.88. The van der Waals surface area contributed by atoms with E-state index in [2.05, 4.69) is 85.7 Å². The van der Waals surface area contributed by atoms with Gasteiger partial charge in [-0.25, -0.2) is 0 Å². The molecular formula is C18H27N5O. The normalized spacial score (nSPS) is 12.2. The highest BCUT2D eigenvalue weighted by molar-refractivity contribution is 5.91. The number of anilines is 1. The molecule has 0 aliphatic heterocycles. The van der Waals surface area contributed by atoms with E-state index in [4.69, 9.17) is 0 Å². The molecule has 0 fully saturated rings. The van der Waals surface area contributed by atoms with Gasteiger partial charge in [-0.2, -0.15) is 5.21 Å². The number of aromatic amines is 1. The highest BCUT2D eigenvalue weighted by Crippen LogP contribution is 2.32. The fraction of sp³-hybridized carbons (Fsp3) is 0.556. The summed E-state index contributed by atoms with van der Waals surface area (Å²) in [6.45, 7) is 13.1. The van der Waals surface area contributed by atoms with Crippen LogP contribution in [-0.4, -0.2) is 26.5 Å². The van der Waals surface area contributed by atoms with Crippen LogP contribution in [0.15, 0.2) is 18.2 Å². The number of H-pyrrole nitrogens is 1. The number of carbonyl (C=O) groups is 1. The van der Waals surface area contributed by atoms with Gasteiger partial charge in [-0.3, -0.25) is 4.79 Å². The van der Waals surface area contributed by atoms with Crippen molar-refractivity contribution in [2.45, 2.75) is 65.2 Å². The van der Waals surface area contributed by atoms with Gasteiger partial charge in [0.1, 0.15) is 0 Å². The SMILES string of the molecule is CC(C)(C)c1cc(NC(=O)CCc2nn[nH]n2)cc(C(C)(C)C)c1. The molecule has 2 N–H and O–H groups in total. The Morgan fingerprint density at radius 3 is 2.08 bits per heavy atom. The number of tetrazole rings is 1. The molecular weight excluding hydrogens is 302 g/mol. The van der Waals surface area contributed by atoms with Crippen LogP contribution in [0.5, 0.6) is 0 Å². The first-order valence-corrected chi connectivity index (χ1v) is 8.24. The number of aromatic nitrogens is 4. The minimum atomic E-state index is -0.0503. The summed E-state index contributed by atoms with van der Waals surface area (Å²) in [7, 11) is 0. The zero-order valence-electron chi connectivity index (χ0n) is 15.4. The maximum Gasteiger partial charge on any atom is 0.224 e. The lowest BCUT2D eigenvalue weighted by molar-refractivity contribution is -0.116. The first-order valence-electron chi connectivity index (χ1n) is 8.24. The van der Waals surface area contributed by atoms with Crippen molar-refractivity contribution in [3.8, 4) is 0 Å². The fourth-order valence-corrected chi connectivity index (χ4v) is 2.30. The first kappa shape index (κ1) is 18.1. The number of hydrogen-bond donors (Lipinski definition) is 2. The van der Waals surface area contributed by atoms with Crippen molar-refractivity contribution in [3.05, 3.63) is 35.2 Å². The monoisotopic (exact) mass is 329 g/mol. The standard InChI is InChI=1S/C18H27N5O/c1-17(2,3)12-9-13(18(4,5)6)11-14(10-12)19-16(24)8-7-15-20-22-23-21-15/h9-11H,7-8H2,1-6H3,(H,19,24)(H,20,21,22,23). The largest absolute Gasteiger partial charge is 0.326 e. The second kappa shape index (κ2) is 6.71. The number of benzene rings is 1. The molecule has 6 heteroatoms. The number of rotatable bonds is 4. The molecule has 24 heavy (non-hydrogen) atoms. The molecule has 1 heterocycles. The molecule has 0 saturated carbocycles. The zero-order chi connectivity index (χ0) is 18.0. The summed E-state index contributed by atoms with van der Waals surface area (Å²) in [5.41, 5.74) is 3.30. The molecule has 1 aromatic carbocycles. The van der Waals surface area contributed by atoms with Crippen molar-refractivity contribution >= 4 is 11.6 Å². The zero-order valence-corrected chi connectivity index (χ0v) is 15.4. The summed E-state index contributed by atoms with van der Waals surface area (Å²) in [4.78, 5) is 12.2. The van der Waals surface area contributed by atoms with Crippen LogP contribution in [0.25, 0.3) is 0 Å². The van der Waals surface area contributed by atoms with Crippen LogP contribution >= 0.6 is 0 Å². The number of hydrogen-bond acceptors (Lipinski definition) is 4. The van der Waals surface area contributed by atoms with E-state index in [1.54, 1.807) is 0 Å². The Morgan fingerprint density at radius 2 is 1.62 bits per heavy atom. The van der Waals surface area contributed by atoms with Crippen molar-refractivity contribution in [1.82, 2.24) is 20.6 Å². The summed E-state index contributed by atoms with van der Waals surface area (Å²) < 4.78 is 0. The molecule has 6 nitrogen and oxygen atoms in total. The lowest BCUT2D eigenvalue weighted by atomic mass is 9.80. The van der Waals surface area contributed by atoms with E-state index < -0.39 is 0 Å². The Hall–Kier alpha value is -2.24. The van der Waals surface area contributed by atoms with E-state index in [-0.39, 0.29) is 16.7 Å². The smallest absolute Gasteiger partial charge is 0.224 e. The Morgan fingerprint density at radius 1 is 1.04 bits per heavy atom. The van der Waals surface area contributed by atoms with Gasteiger partial charge in [0.05, 0.1) is 0 Å². The van der Waals surface area contributed by atoms with Gasteiger partial charge >= 0.3 is 0 Å². The topological polar surface area (TPSA) is 83.6 Å². The average Bonchev–Trinajstić information content (AvgIpc) is 2.96. The predicted molar refractivity (Wildman–Crippen MR) is 95.0 cm³/mol. The van der Waals surface area contributed by atoms with Gasteiger partial charge in [0, 0.05) is 18.5 Å². The van der Waals surface area contributed by atoms with Crippen LogP contribution < -0.4 is 5.32 Å². The van der Waals surface area contributed by atoms with Crippen molar-refractivity contribution in [3.63, 3.8) is 0 Å². The molecule has 2 rings (SSSR count). The minimum absolute atomic E-state index is 0.0192. The van der Waals surface area contributed by atoms with Gasteiger partial charge in [-0.1, -0.05) is 52.8 Å². The molecule has 0 aliphatic rings. The molecule has 2 aromatic rings. The predicted octanol–water partition coefficient (Wildman–Crippen LogP) is 3.37. The number of aryl methyl sites for hydroxylation is 1. The van der Waals surface area contributed by atoms with Crippen LogP contribution in [0.1, 0.15) is 64.9 Å². The number of nitrogens with zero attached hydrogens (tertiary/aromatic N) is 3. The van der Waals surface area contributed by atoms with Crippen LogP contribution in [0.3, 0.4) is 0 Å². The second-order valence-corrected chi connectivity index (χ2v) is 8.18. The van der Waals surface area contributed by atoms with Gasteiger partial charge in [0.25, 0.3) is 0 Å². The summed E-state index contributed by atoms with van der Waals surface area (Å²) in [5.74, 6) is 0.495.